The van der Waals surface area contributed by atoms with E-state index in [2.05, 4.69) is 21.4 Å². The second-order valence-electron chi connectivity index (χ2n) is 4.31. The standard InChI is InChI=1S/C15H12F3N3O2/c1-3-20-13-12(19-2)8-9-21(14(13)22)10-4-6-11(7-5-10)23-15(16,17)18/h3-9H,2H2,1H3. The van der Waals surface area contributed by atoms with Gasteiger partial charge in [0.2, 0.25) is 0 Å². The first-order chi connectivity index (χ1) is 10.9. The predicted octanol–water partition coefficient (Wildman–Crippen LogP) is 3.79. The highest BCUT2D eigenvalue weighted by Crippen LogP contribution is 2.25. The molecule has 0 fully saturated rings. The van der Waals surface area contributed by atoms with Crippen molar-refractivity contribution in [2.45, 2.75) is 13.3 Å². The summed E-state index contributed by atoms with van der Waals surface area (Å²) in [5.41, 5.74) is 0.326. The number of ether oxygens (including phenoxy) is 1. The maximum absolute atomic E-state index is 12.4. The van der Waals surface area contributed by atoms with E-state index in [0.29, 0.717) is 11.4 Å². The first kappa shape index (κ1) is 16.5. The normalized spacial score (nSPS) is 11.7. The number of halogens is 3. The minimum absolute atomic E-state index is 0.0978. The van der Waals surface area contributed by atoms with Gasteiger partial charge in [-0.1, -0.05) is 0 Å². The first-order valence-corrected chi connectivity index (χ1v) is 6.43. The zero-order valence-electron chi connectivity index (χ0n) is 12.0. The topological polar surface area (TPSA) is 56.0 Å². The molecule has 0 unspecified atom stereocenters. The number of rotatable bonds is 4. The second kappa shape index (κ2) is 6.47. The van der Waals surface area contributed by atoms with Crippen molar-refractivity contribution in [3.8, 4) is 11.4 Å². The minimum atomic E-state index is -4.77. The van der Waals surface area contributed by atoms with E-state index in [-0.39, 0.29) is 11.4 Å². The molecule has 0 atom stereocenters. The largest absolute Gasteiger partial charge is 0.573 e. The number of nitrogens with zero attached hydrogens (tertiary/aromatic N) is 3. The Balaban J connectivity index is 2.45. The highest BCUT2D eigenvalue weighted by atomic mass is 19.4. The molecule has 5 nitrogen and oxygen atoms in total. The lowest BCUT2D eigenvalue weighted by Gasteiger charge is -2.11. The average Bonchev–Trinajstić information content (AvgIpc) is 2.49. The van der Waals surface area contributed by atoms with Crippen LogP contribution in [-0.4, -0.2) is 23.9 Å². The summed E-state index contributed by atoms with van der Waals surface area (Å²) in [5, 5.41) is 0. The van der Waals surface area contributed by atoms with E-state index in [1.165, 1.54) is 35.2 Å². The van der Waals surface area contributed by atoms with E-state index < -0.39 is 11.9 Å². The van der Waals surface area contributed by atoms with Gasteiger partial charge in [0.25, 0.3) is 5.56 Å². The Kier molecular flexibility index (Phi) is 4.63. The summed E-state index contributed by atoms with van der Waals surface area (Å²) in [5.74, 6) is -0.370. The Morgan fingerprint density at radius 2 is 1.87 bits per heavy atom. The van der Waals surface area contributed by atoms with Crippen molar-refractivity contribution in [1.82, 2.24) is 4.57 Å². The van der Waals surface area contributed by atoms with Crippen molar-refractivity contribution in [2.75, 3.05) is 0 Å². The molecular weight excluding hydrogens is 311 g/mol. The van der Waals surface area contributed by atoms with Crippen LogP contribution in [0.15, 0.2) is 51.3 Å². The van der Waals surface area contributed by atoms with Gasteiger partial charge in [-0.05, 0) is 44.0 Å². The molecule has 0 aliphatic rings. The molecule has 0 aliphatic carbocycles. The van der Waals surface area contributed by atoms with Crippen LogP contribution in [0, 0.1) is 0 Å². The number of pyridine rings is 1. The molecule has 0 radical (unpaired) electrons. The molecule has 0 amide bonds. The summed E-state index contributed by atoms with van der Waals surface area (Å²) in [4.78, 5) is 20.1. The monoisotopic (exact) mass is 323 g/mol. The van der Waals surface area contributed by atoms with Crippen molar-refractivity contribution in [1.29, 1.82) is 0 Å². The van der Waals surface area contributed by atoms with Crippen LogP contribution in [0.2, 0.25) is 0 Å². The summed E-state index contributed by atoms with van der Waals surface area (Å²) in [7, 11) is 0. The molecule has 0 bridgehead atoms. The van der Waals surface area contributed by atoms with E-state index in [1.54, 1.807) is 6.92 Å². The van der Waals surface area contributed by atoms with Crippen molar-refractivity contribution >= 4 is 24.3 Å². The molecule has 8 heteroatoms. The first-order valence-electron chi connectivity index (χ1n) is 6.43. The fourth-order valence-corrected chi connectivity index (χ4v) is 1.91. The van der Waals surface area contributed by atoms with Gasteiger partial charge in [0, 0.05) is 18.1 Å². The Morgan fingerprint density at radius 1 is 1.22 bits per heavy atom. The lowest BCUT2D eigenvalue weighted by atomic mass is 10.2. The van der Waals surface area contributed by atoms with Gasteiger partial charge in [0.1, 0.15) is 5.75 Å². The van der Waals surface area contributed by atoms with Crippen LogP contribution in [0.1, 0.15) is 6.92 Å². The number of benzene rings is 1. The van der Waals surface area contributed by atoms with Gasteiger partial charge in [-0.2, -0.15) is 0 Å². The fourth-order valence-electron chi connectivity index (χ4n) is 1.91. The second-order valence-corrected chi connectivity index (χ2v) is 4.31. The highest BCUT2D eigenvalue weighted by molar-refractivity contribution is 5.70. The number of alkyl halides is 3. The smallest absolute Gasteiger partial charge is 0.406 e. The van der Waals surface area contributed by atoms with Crippen LogP contribution in [0.5, 0.6) is 5.75 Å². The van der Waals surface area contributed by atoms with Crippen LogP contribution < -0.4 is 10.3 Å². The number of aliphatic imine (C=N–C) groups is 2. The van der Waals surface area contributed by atoms with Crippen molar-refractivity contribution in [3.63, 3.8) is 0 Å². The van der Waals surface area contributed by atoms with Gasteiger partial charge in [-0.3, -0.25) is 19.3 Å². The third-order valence-corrected chi connectivity index (χ3v) is 2.82. The van der Waals surface area contributed by atoms with Crippen molar-refractivity contribution in [2.24, 2.45) is 9.98 Å². The molecule has 2 aromatic rings. The van der Waals surface area contributed by atoms with E-state index in [9.17, 15) is 18.0 Å². The van der Waals surface area contributed by atoms with Gasteiger partial charge < -0.3 is 4.74 Å². The Bertz CT molecular complexity index is 793. The molecule has 0 saturated heterocycles. The van der Waals surface area contributed by atoms with Gasteiger partial charge >= 0.3 is 6.36 Å². The molecule has 2 rings (SSSR count). The summed E-state index contributed by atoms with van der Waals surface area (Å²) in [6.07, 6.45) is -1.88. The van der Waals surface area contributed by atoms with Crippen LogP contribution in [-0.2, 0) is 0 Å². The zero-order valence-corrected chi connectivity index (χ0v) is 12.0. The van der Waals surface area contributed by atoms with E-state index in [0.717, 1.165) is 12.1 Å². The van der Waals surface area contributed by atoms with Gasteiger partial charge in [0.15, 0.2) is 5.69 Å². The SMILES string of the molecule is C=Nc1ccn(-c2ccc(OC(F)(F)F)cc2)c(=O)c1N=CC. The zero-order chi connectivity index (χ0) is 17.0. The Morgan fingerprint density at radius 3 is 2.39 bits per heavy atom. The maximum atomic E-state index is 12.4. The summed E-state index contributed by atoms with van der Waals surface area (Å²) in [6.45, 7) is 5.01. The van der Waals surface area contributed by atoms with Gasteiger partial charge in [-0.25, -0.2) is 0 Å². The van der Waals surface area contributed by atoms with Gasteiger partial charge in [0.05, 0.1) is 5.69 Å². The third kappa shape index (κ3) is 3.85. The van der Waals surface area contributed by atoms with Crippen molar-refractivity contribution < 1.29 is 17.9 Å². The molecule has 1 aromatic carbocycles. The Hall–Kier alpha value is -2.90. The number of hydrogen-bond acceptors (Lipinski definition) is 4. The molecule has 0 aliphatic heterocycles. The maximum Gasteiger partial charge on any atom is 0.573 e. The molecule has 0 spiro atoms. The fraction of sp³-hybridized carbons (Fsp3) is 0.133. The molecule has 0 N–H and O–H groups in total. The summed E-state index contributed by atoms with van der Waals surface area (Å²) in [6, 6.07) is 6.46. The van der Waals surface area contributed by atoms with Crippen LogP contribution in [0.4, 0.5) is 24.5 Å². The molecule has 1 heterocycles. The minimum Gasteiger partial charge on any atom is -0.406 e. The van der Waals surface area contributed by atoms with Crippen molar-refractivity contribution in [3.05, 3.63) is 46.9 Å². The molecule has 0 saturated carbocycles. The average molecular weight is 323 g/mol. The summed E-state index contributed by atoms with van der Waals surface area (Å²) < 4.78 is 41.5. The van der Waals surface area contributed by atoms with E-state index in [4.69, 9.17) is 0 Å². The number of hydrogen-bond donors (Lipinski definition) is 0. The van der Waals surface area contributed by atoms with Crippen LogP contribution >= 0.6 is 0 Å². The number of aromatic nitrogens is 1. The lowest BCUT2D eigenvalue weighted by molar-refractivity contribution is -0.274. The molecule has 23 heavy (non-hydrogen) atoms. The van der Waals surface area contributed by atoms with Crippen LogP contribution in [0.25, 0.3) is 5.69 Å². The quantitative estimate of drug-likeness (QED) is 0.804. The lowest BCUT2D eigenvalue weighted by Crippen LogP contribution is -2.18. The van der Waals surface area contributed by atoms with E-state index in [1.807, 2.05) is 0 Å². The van der Waals surface area contributed by atoms with Gasteiger partial charge in [-0.15, -0.1) is 13.2 Å². The predicted molar refractivity (Wildman–Crippen MR) is 81.8 cm³/mol. The Labute approximate surface area is 129 Å². The molecular formula is C15H12F3N3O2. The van der Waals surface area contributed by atoms with E-state index >= 15 is 0 Å². The molecule has 120 valence electrons. The third-order valence-electron chi connectivity index (χ3n) is 2.82. The molecule has 1 aromatic heterocycles. The van der Waals surface area contributed by atoms with Crippen LogP contribution in [0.3, 0.4) is 0 Å². The highest BCUT2D eigenvalue weighted by Gasteiger charge is 2.30. The summed E-state index contributed by atoms with van der Waals surface area (Å²) >= 11 is 0.